The summed E-state index contributed by atoms with van der Waals surface area (Å²) >= 11 is 0. The second-order valence-electron chi connectivity index (χ2n) is 7.30. The van der Waals surface area contributed by atoms with Crippen LogP contribution in [0.1, 0.15) is 24.1 Å². The van der Waals surface area contributed by atoms with Gasteiger partial charge >= 0.3 is 0 Å². The van der Waals surface area contributed by atoms with E-state index >= 15 is 0 Å². The van der Waals surface area contributed by atoms with Crippen molar-refractivity contribution in [1.82, 2.24) is 14.9 Å². The van der Waals surface area contributed by atoms with Crippen LogP contribution in [0.15, 0.2) is 54.9 Å². The third-order valence-corrected chi connectivity index (χ3v) is 5.45. The molecule has 1 fully saturated rings. The van der Waals surface area contributed by atoms with Crippen molar-refractivity contribution in [3.05, 3.63) is 66.1 Å². The van der Waals surface area contributed by atoms with Crippen LogP contribution >= 0.6 is 0 Å². The third-order valence-electron chi connectivity index (χ3n) is 5.45. The molecule has 134 valence electrons. The monoisotopic (exact) mass is 346 g/mol. The lowest BCUT2D eigenvalue weighted by Crippen LogP contribution is -2.46. The Kier molecular flexibility index (Phi) is 4.85. The van der Waals surface area contributed by atoms with Crippen LogP contribution in [0, 0.1) is 6.92 Å². The molecule has 2 heterocycles. The van der Waals surface area contributed by atoms with Gasteiger partial charge in [0.15, 0.2) is 0 Å². The molecule has 26 heavy (non-hydrogen) atoms. The summed E-state index contributed by atoms with van der Waals surface area (Å²) in [5, 5.41) is 2.70. The minimum Gasteiger partial charge on any atom is -0.355 e. The number of piperidine rings is 1. The van der Waals surface area contributed by atoms with Gasteiger partial charge in [-0.05, 0) is 42.6 Å². The van der Waals surface area contributed by atoms with E-state index in [9.17, 15) is 0 Å². The molecule has 4 heteroatoms. The number of fused-ring (bicyclic) bond motifs is 1. The quantitative estimate of drug-likeness (QED) is 0.714. The number of nitrogens with zero attached hydrogens (tertiary/aromatic N) is 4. The van der Waals surface area contributed by atoms with Gasteiger partial charge in [-0.2, -0.15) is 0 Å². The Morgan fingerprint density at radius 2 is 1.96 bits per heavy atom. The summed E-state index contributed by atoms with van der Waals surface area (Å²) in [6.07, 6.45) is 4.10. The Bertz CT molecular complexity index is 887. The highest BCUT2D eigenvalue weighted by Gasteiger charge is 2.24. The molecule has 4 rings (SSSR count). The van der Waals surface area contributed by atoms with Crippen molar-refractivity contribution in [3.63, 3.8) is 0 Å². The summed E-state index contributed by atoms with van der Waals surface area (Å²) in [5.41, 5.74) is 2.44. The van der Waals surface area contributed by atoms with Gasteiger partial charge in [0, 0.05) is 37.9 Å². The SMILES string of the molecule is Cc1cc(N(C)C2CCCN(Cc3cccc4ccccc34)C2)ncn1. The number of rotatable bonds is 4. The summed E-state index contributed by atoms with van der Waals surface area (Å²) in [6.45, 7) is 5.26. The van der Waals surface area contributed by atoms with Gasteiger partial charge in [0.05, 0.1) is 0 Å². The van der Waals surface area contributed by atoms with Crippen LogP contribution in [0.5, 0.6) is 0 Å². The maximum absolute atomic E-state index is 4.46. The molecule has 1 aliphatic heterocycles. The van der Waals surface area contributed by atoms with E-state index in [0.717, 1.165) is 31.1 Å². The molecule has 1 atom stereocenters. The van der Waals surface area contributed by atoms with E-state index in [-0.39, 0.29) is 0 Å². The van der Waals surface area contributed by atoms with E-state index in [2.05, 4.69) is 75.3 Å². The number of likely N-dealkylation sites (N-methyl/N-ethyl adjacent to an activating group) is 1. The van der Waals surface area contributed by atoms with Gasteiger partial charge in [0.2, 0.25) is 0 Å². The average molecular weight is 346 g/mol. The molecule has 1 unspecified atom stereocenters. The minimum atomic E-state index is 0.494. The molecule has 0 bridgehead atoms. The van der Waals surface area contributed by atoms with Crippen LogP contribution in [0.2, 0.25) is 0 Å². The van der Waals surface area contributed by atoms with Crippen molar-refractivity contribution in [2.24, 2.45) is 0 Å². The first-order valence-electron chi connectivity index (χ1n) is 9.41. The number of benzene rings is 2. The van der Waals surface area contributed by atoms with Crippen LogP contribution in [-0.2, 0) is 6.54 Å². The third kappa shape index (κ3) is 3.56. The fourth-order valence-corrected chi connectivity index (χ4v) is 3.98. The molecule has 0 amide bonds. The van der Waals surface area contributed by atoms with Gasteiger partial charge in [-0.25, -0.2) is 9.97 Å². The lowest BCUT2D eigenvalue weighted by molar-refractivity contribution is 0.199. The zero-order chi connectivity index (χ0) is 17.9. The normalized spacial score (nSPS) is 18.2. The highest BCUT2D eigenvalue weighted by molar-refractivity contribution is 5.85. The number of aromatic nitrogens is 2. The lowest BCUT2D eigenvalue weighted by atomic mass is 10.0. The van der Waals surface area contributed by atoms with Gasteiger partial charge in [-0.1, -0.05) is 42.5 Å². The smallest absolute Gasteiger partial charge is 0.132 e. The molecule has 1 aliphatic rings. The maximum atomic E-state index is 4.46. The van der Waals surface area contributed by atoms with Gasteiger partial charge in [-0.3, -0.25) is 4.90 Å². The second kappa shape index (κ2) is 7.42. The van der Waals surface area contributed by atoms with E-state index in [1.807, 2.05) is 6.92 Å². The molecule has 1 saturated heterocycles. The molecule has 3 aromatic rings. The molecule has 0 radical (unpaired) electrons. The van der Waals surface area contributed by atoms with Crippen molar-refractivity contribution in [2.75, 3.05) is 25.0 Å². The Morgan fingerprint density at radius 3 is 2.85 bits per heavy atom. The van der Waals surface area contributed by atoms with Crippen LogP contribution in [-0.4, -0.2) is 41.0 Å². The Balaban J connectivity index is 1.50. The minimum absolute atomic E-state index is 0.494. The molecule has 2 aromatic carbocycles. The molecule has 0 spiro atoms. The molecule has 0 aliphatic carbocycles. The first kappa shape index (κ1) is 17.0. The first-order chi connectivity index (χ1) is 12.7. The van der Waals surface area contributed by atoms with Gasteiger partial charge < -0.3 is 4.90 Å². The summed E-state index contributed by atoms with van der Waals surface area (Å²) < 4.78 is 0. The Hall–Kier alpha value is -2.46. The molecular formula is C22H26N4. The number of hydrogen-bond acceptors (Lipinski definition) is 4. The zero-order valence-electron chi connectivity index (χ0n) is 15.6. The number of hydrogen-bond donors (Lipinski definition) is 0. The van der Waals surface area contributed by atoms with Crippen LogP contribution in [0.3, 0.4) is 0 Å². The Labute approximate surface area is 155 Å². The van der Waals surface area contributed by atoms with Crippen molar-refractivity contribution in [1.29, 1.82) is 0 Å². The standard InChI is InChI=1S/C22H26N4/c1-17-13-22(24-16-23-17)25(2)20-10-6-12-26(15-20)14-19-9-5-8-18-7-3-4-11-21(18)19/h3-5,7-9,11,13,16,20H,6,10,12,14-15H2,1-2H3. The molecule has 1 aromatic heterocycles. The largest absolute Gasteiger partial charge is 0.355 e. The fraction of sp³-hybridized carbons (Fsp3) is 0.364. The van der Waals surface area contributed by atoms with Crippen LogP contribution < -0.4 is 4.90 Å². The van der Waals surface area contributed by atoms with Crippen molar-refractivity contribution in [3.8, 4) is 0 Å². The first-order valence-corrected chi connectivity index (χ1v) is 9.41. The van der Waals surface area contributed by atoms with E-state index in [1.54, 1.807) is 6.33 Å². The van der Waals surface area contributed by atoms with Gasteiger partial charge in [0.1, 0.15) is 12.1 Å². The van der Waals surface area contributed by atoms with E-state index < -0.39 is 0 Å². The zero-order valence-corrected chi connectivity index (χ0v) is 15.6. The molecule has 4 nitrogen and oxygen atoms in total. The fourth-order valence-electron chi connectivity index (χ4n) is 3.98. The topological polar surface area (TPSA) is 32.3 Å². The predicted molar refractivity (Wildman–Crippen MR) is 107 cm³/mol. The highest BCUT2D eigenvalue weighted by atomic mass is 15.2. The van der Waals surface area contributed by atoms with Crippen LogP contribution in [0.25, 0.3) is 10.8 Å². The van der Waals surface area contributed by atoms with Crippen molar-refractivity contribution < 1.29 is 0 Å². The number of likely N-dealkylation sites (tertiary alicyclic amines) is 1. The van der Waals surface area contributed by atoms with Crippen LogP contribution in [0.4, 0.5) is 5.82 Å². The van der Waals surface area contributed by atoms with Gasteiger partial charge in [-0.15, -0.1) is 0 Å². The molecule has 0 N–H and O–H groups in total. The van der Waals surface area contributed by atoms with Crippen molar-refractivity contribution >= 4 is 16.6 Å². The average Bonchev–Trinajstić information content (AvgIpc) is 2.68. The molecule has 0 saturated carbocycles. The highest BCUT2D eigenvalue weighted by Crippen LogP contribution is 2.24. The van der Waals surface area contributed by atoms with Crippen molar-refractivity contribution in [2.45, 2.75) is 32.4 Å². The number of aryl methyl sites for hydroxylation is 1. The summed E-state index contributed by atoms with van der Waals surface area (Å²) in [7, 11) is 2.16. The lowest BCUT2D eigenvalue weighted by Gasteiger charge is -2.38. The molecular weight excluding hydrogens is 320 g/mol. The Morgan fingerprint density at radius 1 is 1.12 bits per heavy atom. The maximum Gasteiger partial charge on any atom is 0.132 e. The number of anilines is 1. The summed E-state index contributed by atoms with van der Waals surface area (Å²) in [6, 6.07) is 17.9. The predicted octanol–water partition coefficient (Wildman–Crippen LogP) is 4.04. The second-order valence-corrected chi connectivity index (χ2v) is 7.30. The summed E-state index contributed by atoms with van der Waals surface area (Å²) in [5.74, 6) is 1.02. The van der Waals surface area contributed by atoms with E-state index in [0.29, 0.717) is 6.04 Å². The van der Waals surface area contributed by atoms with E-state index in [4.69, 9.17) is 0 Å². The summed E-state index contributed by atoms with van der Waals surface area (Å²) in [4.78, 5) is 13.6. The van der Waals surface area contributed by atoms with E-state index in [1.165, 1.54) is 29.2 Å². The van der Waals surface area contributed by atoms with Gasteiger partial charge in [0.25, 0.3) is 0 Å².